The van der Waals surface area contributed by atoms with Crippen LogP contribution in [0.25, 0.3) is 22.3 Å². The Bertz CT molecular complexity index is 1990. The molecule has 52 heavy (non-hydrogen) atoms. The number of sulfone groups is 2. The van der Waals surface area contributed by atoms with Crippen LogP contribution in [0, 0.1) is 0 Å². The molecule has 6 heteroatoms. The van der Waals surface area contributed by atoms with Gasteiger partial charge in [0.25, 0.3) is 0 Å². The molecule has 0 saturated heterocycles. The van der Waals surface area contributed by atoms with E-state index in [2.05, 4.69) is 38.1 Å². The maximum absolute atomic E-state index is 13.9. The van der Waals surface area contributed by atoms with E-state index in [-0.39, 0.29) is 28.4 Å². The van der Waals surface area contributed by atoms with Crippen LogP contribution in [0.2, 0.25) is 0 Å². The Morgan fingerprint density at radius 2 is 0.788 bits per heavy atom. The number of hydrogen-bond acceptors (Lipinski definition) is 4. The molecule has 0 aromatic heterocycles. The van der Waals surface area contributed by atoms with Gasteiger partial charge in [0.1, 0.15) is 0 Å². The number of fused-ring (bicyclic) bond motifs is 6. The van der Waals surface area contributed by atoms with E-state index in [9.17, 15) is 16.8 Å². The second-order valence-corrected chi connectivity index (χ2v) is 20.2. The summed E-state index contributed by atoms with van der Waals surface area (Å²) in [6.45, 7) is 4.50. The molecule has 7 rings (SSSR count). The highest BCUT2D eigenvalue weighted by atomic mass is 32.2. The average molecular weight is 737 g/mol. The fourth-order valence-electron chi connectivity index (χ4n) is 9.46. The lowest BCUT2D eigenvalue weighted by molar-refractivity contribution is 0.397. The van der Waals surface area contributed by atoms with Gasteiger partial charge in [0.15, 0.2) is 19.7 Å². The van der Waals surface area contributed by atoms with Gasteiger partial charge in [0.2, 0.25) is 0 Å². The first kappa shape index (κ1) is 37.1. The molecule has 0 N–H and O–H groups in total. The van der Waals surface area contributed by atoms with E-state index in [0.29, 0.717) is 6.42 Å². The summed E-state index contributed by atoms with van der Waals surface area (Å²) in [6, 6.07) is 24.9. The summed E-state index contributed by atoms with van der Waals surface area (Å²) in [6.07, 6.45) is 17.1. The van der Waals surface area contributed by atoms with Gasteiger partial charge in [-0.15, -0.1) is 0 Å². The van der Waals surface area contributed by atoms with Gasteiger partial charge in [0, 0.05) is 5.41 Å². The predicted octanol–water partition coefficient (Wildman–Crippen LogP) is 11.6. The summed E-state index contributed by atoms with van der Waals surface area (Å²) >= 11 is 0. The van der Waals surface area contributed by atoms with Crippen LogP contribution in [0.3, 0.4) is 0 Å². The lowest BCUT2D eigenvalue weighted by Crippen LogP contribution is -2.26. The summed E-state index contributed by atoms with van der Waals surface area (Å²) in [7, 11) is -6.88. The summed E-state index contributed by atoms with van der Waals surface area (Å²) in [4.78, 5) is 0. The molecule has 0 spiro atoms. The Hall–Kier alpha value is -3.22. The van der Waals surface area contributed by atoms with E-state index in [1.54, 1.807) is 0 Å². The number of rotatable bonds is 14. The fourth-order valence-corrected chi connectivity index (χ4v) is 12.4. The first-order valence-corrected chi connectivity index (χ1v) is 23.7. The van der Waals surface area contributed by atoms with Crippen LogP contribution in [0.15, 0.2) is 72.8 Å². The van der Waals surface area contributed by atoms with Crippen LogP contribution in [0.5, 0.6) is 0 Å². The number of benzene rings is 4. The molecule has 4 aromatic rings. The fraction of sp³-hybridized carbons (Fsp3) is 0.478. The number of hydrogen-bond donors (Lipinski definition) is 0. The first-order chi connectivity index (χ1) is 25.1. The van der Waals surface area contributed by atoms with Gasteiger partial charge in [-0.25, -0.2) is 16.8 Å². The third-order valence-corrected chi connectivity index (χ3v) is 15.1. The van der Waals surface area contributed by atoms with Gasteiger partial charge < -0.3 is 0 Å². The lowest BCUT2D eigenvalue weighted by Gasteiger charge is -2.33. The Kier molecular flexibility index (Phi) is 11.2. The molecule has 1 aliphatic heterocycles. The van der Waals surface area contributed by atoms with Crippen molar-refractivity contribution in [1.29, 1.82) is 0 Å². The van der Waals surface area contributed by atoms with E-state index >= 15 is 0 Å². The number of unbranched alkanes of at least 4 members (excludes halogenated alkanes) is 10. The predicted molar refractivity (Wildman–Crippen MR) is 216 cm³/mol. The van der Waals surface area contributed by atoms with E-state index in [0.717, 1.165) is 70.2 Å². The quantitative estimate of drug-likeness (QED) is 0.106. The summed E-state index contributed by atoms with van der Waals surface area (Å²) in [5.41, 5.74) is 12.3. The third kappa shape index (κ3) is 7.99. The molecular formula is C46H56O4S2. The molecule has 0 unspecified atom stereocenters. The van der Waals surface area contributed by atoms with Gasteiger partial charge >= 0.3 is 0 Å². The Balaban J connectivity index is 1.31. The Morgan fingerprint density at radius 1 is 0.442 bits per heavy atom. The standard InChI is InChI=1S/C46H56O4S2/c1-3-5-7-9-11-13-23-46(24-14-12-10-8-6-4-2)44-27-36-17-21-42(44)43-22-18-37(28-45(43)46)33-52(49,50)31-35-16-20-41-39(26-35)29-38-25-34(15-19-40(38)41)30-51(47,48)32-36/h15-22,25-28H,3-14,23-24,29-33H2,1-2H3. The van der Waals surface area contributed by atoms with Crippen molar-refractivity contribution in [1.82, 2.24) is 0 Å². The zero-order valence-corrected chi connectivity index (χ0v) is 32.9. The molecule has 1 heterocycles. The zero-order chi connectivity index (χ0) is 36.3. The summed E-state index contributed by atoms with van der Waals surface area (Å²) in [5.74, 6) is 0.0126. The maximum Gasteiger partial charge on any atom is 0.158 e. The van der Waals surface area contributed by atoms with Crippen molar-refractivity contribution in [3.63, 3.8) is 0 Å². The van der Waals surface area contributed by atoms with Gasteiger partial charge in [-0.1, -0.05) is 164 Å². The van der Waals surface area contributed by atoms with Crippen LogP contribution in [0.1, 0.15) is 148 Å². The molecule has 0 fully saturated rings. The molecule has 4 aromatic carbocycles. The van der Waals surface area contributed by atoms with E-state index < -0.39 is 19.7 Å². The van der Waals surface area contributed by atoms with E-state index in [4.69, 9.17) is 0 Å². The van der Waals surface area contributed by atoms with Gasteiger partial charge in [-0.2, -0.15) is 0 Å². The van der Waals surface area contributed by atoms with Crippen LogP contribution in [-0.2, 0) is 54.5 Å². The van der Waals surface area contributed by atoms with Crippen LogP contribution < -0.4 is 0 Å². The molecular weight excluding hydrogens is 681 g/mol. The summed E-state index contributed by atoms with van der Waals surface area (Å²) < 4.78 is 55.6. The minimum atomic E-state index is -3.44. The highest BCUT2D eigenvalue weighted by Gasteiger charge is 2.43. The Morgan fingerprint density at radius 3 is 1.19 bits per heavy atom. The first-order valence-electron chi connectivity index (χ1n) is 20.0. The van der Waals surface area contributed by atoms with Crippen molar-refractivity contribution >= 4 is 19.7 Å². The lowest BCUT2D eigenvalue weighted by atomic mass is 9.70. The topological polar surface area (TPSA) is 68.3 Å². The van der Waals surface area contributed by atoms with Gasteiger partial charge in [0.05, 0.1) is 23.0 Å². The van der Waals surface area contributed by atoms with Crippen LogP contribution >= 0.6 is 0 Å². The van der Waals surface area contributed by atoms with Gasteiger partial charge in [-0.05, 0) is 86.0 Å². The monoisotopic (exact) mass is 736 g/mol. The zero-order valence-electron chi connectivity index (χ0n) is 31.3. The molecule has 0 radical (unpaired) electrons. The van der Waals surface area contributed by atoms with Crippen molar-refractivity contribution in [2.45, 2.75) is 139 Å². The molecule has 0 atom stereocenters. The largest absolute Gasteiger partial charge is 0.228 e. The minimum absolute atomic E-state index is 0.00144. The molecule has 276 valence electrons. The van der Waals surface area contributed by atoms with Crippen molar-refractivity contribution in [3.05, 3.63) is 117 Å². The second-order valence-electron chi connectivity index (χ2n) is 16.1. The van der Waals surface area contributed by atoms with Crippen molar-refractivity contribution < 1.29 is 16.8 Å². The normalized spacial score (nSPS) is 17.3. The van der Waals surface area contributed by atoms with Crippen molar-refractivity contribution in [3.8, 4) is 22.3 Å². The third-order valence-electron chi connectivity index (χ3n) is 12.0. The van der Waals surface area contributed by atoms with Crippen molar-refractivity contribution in [2.75, 3.05) is 0 Å². The van der Waals surface area contributed by atoms with Gasteiger partial charge in [-0.3, -0.25) is 0 Å². The highest BCUT2D eigenvalue weighted by Crippen LogP contribution is 2.55. The Labute approximate surface area is 313 Å². The average Bonchev–Trinajstić information content (AvgIpc) is 3.58. The SMILES string of the molecule is CCCCCCCCC1(CCCCCCCC)c2cc3ccc2-c2ccc(cc21)CS(=O)(=O)Cc1ccc2c(c1)Cc1cc(ccc1-2)CS(=O)(=O)C3. The molecule has 8 bridgehead atoms. The molecule has 3 aliphatic rings. The molecule has 0 amide bonds. The smallest absolute Gasteiger partial charge is 0.158 e. The minimum Gasteiger partial charge on any atom is -0.228 e. The summed E-state index contributed by atoms with van der Waals surface area (Å²) in [5, 5.41) is 0. The van der Waals surface area contributed by atoms with Crippen LogP contribution in [0.4, 0.5) is 0 Å². The van der Waals surface area contributed by atoms with E-state index in [1.165, 1.54) is 86.5 Å². The second kappa shape index (κ2) is 15.6. The van der Waals surface area contributed by atoms with Crippen LogP contribution in [-0.4, -0.2) is 16.8 Å². The van der Waals surface area contributed by atoms with E-state index in [1.807, 2.05) is 48.5 Å². The highest BCUT2D eigenvalue weighted by molar-refractivity contribution is 7.90. The molecule has 2 aliphatic carbocycles. The molecule has 0 saturated carbocycles. The maximum atomic E-state index is 13.9. The molecule has 4 nitrogen and oxygen atoms in total. The van der Waals surface area contributed by atoms with Crippen molar-refractivity contribution in [2.24, 2.45) is 0 Å².